The number of carbonyl (C=O) groups excluding carboxylic acids is 1. The molecule has 0 unspecified atom stereocenters. The van der Waals surface area contributed by atoms with Crippen molar-refractivity contribution in [3.05, 3.63) is 47.9 Å². The molecule has 0 saturated carbocycles. The lowest BCUT2D eigenvalue weighted by atomic mass is 9.85. The molecule has 6 heteroatoms. The Morgan fingerprint density at radius 3 is 2.54 bits per heavy atom. The molecule has 2 aromatic rings. The Morgan fingerprint density at radius 1 is 1.27 bits per heavy atom. The van der Waals surface area contributed by atoms with Gasteiger partial charge in [-0.05, 0) is 45.7 Å². The summed E-state index contributed by atoms with van der Waals surface area (Å²) < 4.78 is 5.15. The number of aromatic nitrogens is 1. The van der Waals surface area contributed by atoms with Gasteiger partial charge in [-0.3, -0.25) is 9.69 Å². The number of likely N-dealkylation sites (tertiary alicyclic amines) is 1. The highest BCUT2D eigenvalue weighted by atomic mass is 16.5. The minimum atomic E-state index is -0.581. The zero-order chi connectivity index (χ0) is 18.6. The van der Waals surface area contributed by atoms with E-state index in [1.54, 1.807) is 0 Å². The molecule has 1 aliphatic rings. The van der Waals surface area contributed by atoms with Crippen molar-refractivity contribution in [1.82, 2.24) is 15.4 Å². The fourth-order valence-electron chi connectivity index (χ4n) is 3.42. The van der Waals surface area contributed by atoms with E-state index >= 15 is 0 Å². The molecule has 3 rings (SSSR count). The highest BCUT2D eigenvalue weighted by Crippen LogP contribution is 2.28. The van der Waals surface area contributed by atoms with E-state index < -0.39 is 5.54 Å². The molecule has 2 N–H and O–H groups in total. The van der Waals surface area contributed by atoms with Gasteiger partial charge in [0.05, 0.1) is 5.69 Å². The van der Waals surface area contributed by atoms with Crippen LogP contribution < -0.4 is 10.6 Å². The van der Waals surface area contributed by atoms with Crippen LogP contribution in [0.3, 0.4) is 0 Å². The van der Waals surface area contributed by atoms with Gasteiger partial charge in [-0.2, -0.15) is 0 Å². The maximum atomic E-state index is 13.0. The topological polar surface area (TPSA) is 70.4 Å². The van der Waals surface area contributed by atoms with Gasteiger partial charge in [0, 0.05) is 37.4 Å². The first kappa shape index (κ1) is 18.5. The Bertz CT molecular complexity index is 718. The van der Waals surface area contributed by atoms with Gasteiger partial charge in [0.1, 0.15) is 11.3 Å². The predicted molar refractivity (Wildman–Crippen MR) is 102 cm³/mol. The second-order valence-electron chi connectivity index (χ2n) is 7.41. The number of hydrogen-bond acceptors (Lipinski definition) is 5. The summed E-state index contributed by atoms with van der Waals surface area (Å²) in [5, 5.41) is 10.7. The van der Waals surface area contributed by atoms with E-state index in [0.717, 1.165) is 49.6 Å². The van der Waals surface area contributed by atoms with Crippen LogP contribution in [-0.2, 0) is 11.3 Å². The first-order valence-corrected chi connectivity index (χ1v) is 9.26. The average Bonchev–Trinajstić information content (AvgIpc) is 3.02. The van der Waals surface area contributed by atoms with E-state index in [4.69, 9.17) is 4.52 Å². The number of nitrogens with zero attached hydrogens (tertiary/aromatic N) is 2. The summed E-state index contributed by atoms with van der Waals surface area (Å²) in [4.78, 5) is 15.3. The number of nitrogens with one attached hydrogen (secondary N) is 2. The molecule has 0 bridgehead atoms. The molecule has 1 aromatic heterocycles. The van der Waals surface area contributed by atoms with Crippen LogP contribution in [0.4, 0.5) is 5.69 Å². The zero-order valence-corrected chi connectivity index (χ0v) is 15.8. The standard InChI is InChI=1S/C20H28N4O2/c1-15(2)21-19(25)20(22-17-7-5-4-6-8-17)9-11-24(12-10-20)14-18-13-16(3)26-23-18/h4-8,13,15,22H,9-12,14H2,1-3H3,(H,21,25). The van der Waals surface area contributed by atoms with Crippen LogP contribution in [0.25, 0.3) is 0 Å². The Morgan fingerprint density at radius 2 is 1.96 bits per heavy atom. The second-order valence-corrected chi connectivity index (χ2v) is 7.41. The molecule has 140 valence electrons. The summed E-state index contributed by atoms with van der Waals surface area (Å²) in [6, 6.07) is 12.1. The summed E-state index contributed by atoms with van der Waals surface area (Å²) in [6.45, 7) is 8.31. The lowest BCUT2D eigenvalue weighted by molar-refractivity contribution is -0.127. The number of benzene rings is 1. The molecular formula is C20H28N4O2. The van der Waals surface area contributed by atoms with E-state index in [1.807, 2.05) is 57.2 Å². The Labute approximate surface area is 154 Å². The first-order valence-electron chi connectivity index (χ1n) is 9.26. The fraction of sp³-hybridized carbons (Fsp3) is 0.500. The van der Waals surface area contributed by atoms with Crippen molar-refractivity contribution in [2.45, 2.75) is 51.7 Å². The van der Waals surface area contributed by atoms with Gasteiger partial charge in [-0.25, -0.2) is 0 Å². The second kappa shape index (κ2) is 7.91. The highest BCUT2D eigenvalue weighted by molar-refractivity contribution is 5.89. The molecule has 6 nitrogen and oxygen atoms in total. The fourth-order valence-corrected chi connectivity index (χ4v) is 3.42. The lowest BCUT2D eigenvalue weighted by Gasteiger charge is -2.42. The van der Waals surface area contributed by atoms with Gasteiger partial charge in [-0.15, -0.1) is 0 Å². The van der Waals surface area contributed by atoms with Crippen molar-refractivity contribution >= 4 is 11.6 Å². The van der Waals surface area contributed by atoms with Crippen LogP contribution in [0, 0.1) is 6.92 Å². The molecule has 1 amide bonds. The smallest absolute Gasteiger partial charge is 0.245 e. The minimum absolute atomic E-state index is 0.0771. The van der Waals surface area contributed by atoms with Crippen LogP contribution in [-0.4, -0.2) is 40.6 Å². The number of carbonyl (C=O) groups is 1. The average molecular weight is 356 g/mol. The zero-order valence-electron chi connectivity index (χ0n) is 15.8. The molecule has 0 atom stereocenters. The summed E-state index contributed by atoms with van der Waals surface area (Å²) >= 11 is 0. The minimum Gasteiger partial charge on any atom is -0.371 e. The molecule has 1 fully saturated rings. The number of anilines is 1. The van der Waals surface area contributed by atoms with Crippen LogP contribution in [0.1, 0.15) is 38.1 Å². The SMILES string of the molecule is Cc1cc(CN2CCC(Nc3ccccc3)(C(=O)NC(C)C)CC2)no1. The van der Waals surface area contributed by atoms with Crippen molar-refractivity contribution in [2.24, 2.45) is 0 Å². The molecule has 26 heavy (non-hydrogen) atoms. The van der Waals surface area contributed by atoms with Crippen molar-refractivity contribution < 1.29 is 9.32 Å². The van der Waals surface area contributed by atoms with Crippen molar-refractivity contribution in [3.63, 3.8) is 0 Å². The van der Waals surface area contributed by atoms with Crippen molar-refractivity contribution in [2.75, 3.05) is 18.4 Å². The lowest BCUT2D eigenvalue weighted by Crippen LogP contribution is -2.59. The van der Waals surface area contributed by atoms with Gasteiger partial charge >= 0.3 is 0 Å². The summed E-state index contributed by atoms with van der Waals surface area (Å²) in [6.07, 6.45) is 1.49. The van der Waals surface area contributed by atoms with Crippen LogP contribution in [0.2, 0.25) is 0 Å². The maximum Gasteiger partial charge on any atom is 0.245 e. The molecular weight excluding hydrogens is 328 g/mol. The first-order chi connectivity index (χ1) is 12.5. The Hall–Kier alpha value is -2.34. The van der Waals surface area contributed by atoms with Crippen LogP contribution >= 0.6 is 0 Å². The van der Waals surface area contributed by atoms with E-state index in [0.29, 0.717) is 0 Å². The Kier molecular flexibility index (Phi) is 5.61. The van der Waals surface area contributed by atoms with Gasteiger partial charge < -0.3 is 15.2 Å². The summed E-state index contributed by atoms with van der Waals surface area (Å²) in [7, 11) is 0. The highest BCUT2D eigenvalue weighted by Gasteiger charge is 2.41. The summed E-state index contributed by atoms with van der Waals surface area (Å²) in [5.41, 5.74) is 1.34. The third-order valence-corrected chi connectivity index (χ3v) is 4.78. The predicted octanol–water partition coefficient (Wildman–Crippen LogP) is 2.95. The van der Waals surface area contributed by atoms with Gasteiger partial charge in [-0.1, -0.05) is 23.4 Å². The number of hydrogen-bond donors (Lipinski definition) is 2. The van der Waals surface area contributed by atoms with Crippen molar-refractivity contribution in [3.8, 4) is 0 Å². The third kappa shape index (κ3) is 4.43. The molecule has 0 spiro atoms. The van der Waals surface area contributed by atoms with E-state index in [-0.39, 0.29) is 11.9 Å². The maximum absolute atomic E-state index is 13.0. The third-order valence-electron chi connectivity index (χ3n) is 4.78. The number of para-hydroxylation sites is 1. The largest absolute Gasteiger partial charge is 0.371 e. The summed E-state index contributed by atoms with van der Waals surface area (Å²) in [5.74, 6) is 0.904. The Balaban J connectivity index is 1.70. The van der Waals surface area contributed by atoms with E-state index in [2.05, 4.69) is 20.7 Å². The number of piperidine rings is 1. The van der Waals surface area contributed by atoms with Crippen LogP contribution in [0.15, 0.2) is 40.9 Å². The monoisotopic (exact) mass is 356 g/mol. The molecule has 1 aliphatic heterocycles. The normalized spacial score (nSPS) is 17.2. The number of aryl methyl sites for hydroxylation is 1. The van der Waals surface area contributed by atoms with Gasteiger partial charge in [0.15, 0.2) is 0 Å². The van der Waals surface area contributed by atoms with E-state index in [9.17, 15) is 4.79 Å². The van der Waals surface area contributed by atoms with E-state index in [1.165, 1.54) is 0 Å². The van der Waals surface area contributed by atoms with Gasteiger partial charge in [0.25, 0.3) is 0 Å². The quantitative estimate of drug-likeness (QED) is 0.833. The van der Waals surface area contributed by atoms with Crippen LogP contribution in [0.5, 0.6) is 0 Å². The molecule has 0 aliphatic carbocycles. The molecule has 2 heterocycles. The number of rotatable bonds is 6. The van der Waals surface area contributed by atoms with Gasteiger partial charge in [0.2, 0.25) is 5.91 Å². The van der Waals surface area contributed by atoms with Crippen molar-refractivity contribution in [1.29, 1.82) is 0 Å². The molecule has 1 saturated heterocycles. The number of amides is 1. The molecule has 1 aromatic carbocycles. The molecule has 0 radical (unpaired) electrons.